The molecule has 216 valence electrons. The summed E-state index contributed by atoms with van der Waals surface area (Å²) < 4.78 is 0. The van der Waals surface area contributed by atoms with Crippen LogP contribution in [-0.4, -0.2) is 97.7 Å². The van der Waals surface area contributed by atoms with Crippen LogP contribution in [0.15, 0.2) is 28.7 Å². The lowest BCUT2D eigenvalue weighted by molar-refractivity contribution is -0.148. The van der Waals surface area contributed by atoms with Gasteiger partial charge in [-0.2, -0.15) is 0 Å². The Balaban J connectivity index is 1.60. The summed E-state index contributed by atoms with van der Waals surface area (Å²) in [4.78, 5) is 42.9. The van der Waals surface area contributed by atoms with Crippen LogP contribution in [0.5, 0.6) is 5.75 Å². The Kier molecular flexibility index (Phi) is 7.25. The van der Waals surface area contributed by atoms with Crippen molar-refractivity contribution in [3.8, 4) is 5.75 Å². The lowest BCUT2D eigenvalue weighted by atomic mass is 9.58. The number of primary amides is 1. The first-order valence-corrected chi connectivity index (χ1v) is 13.7. The van der Waals surface area contributed by atoms with Gasteiger partial charge in [0.25, 0.3) is 5.91 Å². The second-order valence-corrected chi connectivity index (χ2v) is 11.8. The van der Waals surface area contributed by atoms with Crippen molar-refractivity contribution >= 4 is 29.1 Å². The van der Waals surface area contributed by atoms with Crippen LogP contribution in [0.25, 0.3) is 0 Å². The number of allylic oxidation sites excluding steroid dienone is 1. The quantitative estimate of drug-likeness (QED) is 0.268. The lowest BCUT2D eigenvalue weighted by Gasteiger charge is -2.50. The summed E-state index contributed by atoms with van der Waals surface area (Å²) in [6.45, 7) is 1.30. The van der Waals surface area contributed by atoms with Gasteiger partial charge in [0.1, 0.15) is 22.8 Å². The smallest absolute Gasteiger partial charge is 0.255 e. The third kappa shape index (κ3) is 4.06. The van der Waals surface area contributed by atoms with Crippen LogP contribution in [-0.2, 0) is 22.6 Å². The molecular weight excluding hydrogens is 542 g/mol. The van der Waals surface area contributed by atoms with Gasteiger partial charge in [-0.25, -0.2) is 0 Å². The number of likely N-dealkylation sites (tertiary alicyclic amines) is 1. The molecule has 0 bridgehead atoms. The number of rotatable bonds is 6. The van der Waals surface area contributed by atoms with Gasteiger partial charge >= 0.3 is 0 Å². The van der Waals surface area contributed by atoms with Crippen molar-refractivity contribution in [2.24, 2.45) is 17.6 Å². The largest absolute Gasteiger partial charge is 0.510 e. The van der Waals surface area contributed by atoms with Crippen LogP contribution < -0.4 is 5.73 Å². The SMILES string of the molecule is CN(C)[C@@H]1C(O)=C(C(N)=O)C(=O)[C@@]2(O)C(O)=C3C(=O)c4c(O)cc(CN5CCC[C@H]5CCO)c(Cl)c4C[C@H]3C[C@@H]12. The van der Waals surface area contributed by atoms with Crippen LogP contribution in [0.3, 0.4) is 0 Å². The van der Waals surface area contributed by atoms with E-state index in [9.17, 15) is 39.9 Å². The monoisotopic (exact) mass is 575 g/mol. The fraction of sp³-hybridized carbons (Fsp3) is 0.536. The number of carbonyl (C=O) groups is 3. The number of ketones is 2. The number of halogens is 1. The highest BCUT2D eigenvalue weighted by molar-refractivity contribution is 6.33. The summed E-state index contributed by atoms with van der Waals surface area (Å²) in [5.41, 5.74) is 2.55. The molecule has 1 aromatic carbocycles. The number of aliphatic hydroxyl groups excluding tert-OH is 3. The minimum Gasteiger partial charge on any atom is -0.510 e. The molecule has 7 N–H and O–H groups in total. The minimum absolute atomic E-state index is 0.00220. The molecule has 1 fully saturated rings. The maximum Gasteiger partial charge on any atom is 0.255 e. The van der Waals surface area contributed by atoms with Crippen LogP contribution in [0.4, 0.5) is 0 Å². The van der Waals surface area contributed by atoms with E-state index < -0.39 is 58.0 Å². The summed E-state index contributed by atoms with van der Waals surface area (Å²) in [5.74, 6) is -6.95. The Morgan fingerprint density at radius 2 is 1.95 bits per heavy atom. The van der Waals surface area contributed by atoms with E-state index in [1.54, 1.807) is 14.1 Å². The van der Waals surface area contributed by atoms with E-state index in [1.165, 1.54) is 11.0 Å². The minimum atomic E-state index is -2.68. The van der Waals surface area contributed by atoms with Gasteiger partial charge in [-0.3, -0.25) is 24.2 Å². The van der Waals surface area contributed by atoms with Crippen LogP contribution in [0.1, 0.15) is 47.2 Å². The Labute approximate surface area is 236 Å². The van der Waals surface area contributed by atoms with Crippen LogP contribution >= 0.6 is 11.6 Å². The first-order valence-electron chi connectivity index (χ1n) is 13.4. The third-order valence-corrected chi connectivity index (χ3v) is 9.54. The normalized spacial score (nSPS) is 30.6. The molecule has 5 rings (SSSR count). The average molecular weight is 576 g/mol. The van der Waals surface area contributed by atoms with E-state index in [0.29, 0.717) is 29.1 Å². The number of phenolic OH excluding ortho intramolecular Hbond substituents is 1. The summed E-state index contributed by atoms with van der Waals surface area (Å²) in [6.07, 6.45) is 2.67. The molecule has 0 unspecified atom stereocenters. The van der Waals surface area contributed by atoms with E-state index in [2.05, 4.69) is 4.90 Å². The van der Waals surface area contributed by atoms with Gasteiger partial charge in [-0.05, 0) is 75.9 Å². The summed E-state index contributed by atoms with van der Waals surface area (Å²) in [6, 6.07) is 0.548. The lowest BCUT2D eigenvalue weighted by Crippen LogP contribution is -2.63. The number of carbonyl (C=O) groups excluding carboxylic acids is 3. The number of hydrogen-bond donors (Lipinski definition) is 6. The fourth-order valence-corrected chi connectivity index (χ4v) is 7.55. The van der Waals surface area contributed by atoms with E-state index in [1.807, 2.05) is 0 Å². The molecule has 1 saturated heterocycles. The zero-order chi connectivity index (χ0) is 29.3. The van der Waals surface area contributed by atoms with Crippen molar-refractivity contribution in [1.82, 2.24) is 9.80 Å². The third-order valence-electron chi connectivity index (χ3n) is 9.07. The first kappa shape index (κ1) is 28.6. The van der Waals surface area contributed by atoms with E-state index in [4.69, 9.17) is 17.3 Å². The number of phenols is 1. The number of hydrogen-bond acceptors (Lipinski definition) is 10. The molecule has 1 amide bonds. The van der Waals surface area contributed by atoms with Gasteiger partial charge < -0.3 is 31.3 Å². The molecule has 12 heteroatoms. The molecule has 5 atom stereocenters. The number of aromatic hydroxyl groups is 1. The van der Waals surface area contributed by atoms with Gasteiger partial charge in [-0.1, -0.05) is 11.6 Å². The van der Waals surface area contributed by atoms with Crippen molar-refractivity contribution in [2.45, 2.75) is 56.3 Å². The number of nitrogens with two attached hydrogens (primary N) is 1. The van der Waals surface area contributed by atoms with Crippen LogP contribution in [0.2, 0.25) is 5.02 Å². The highest BCUT2D eigenvalue weighted by Gasteiger charge is 2.63. The number of fused-ring (bicyclic) bond motifs is 3. The zero-order valence-corrected chi connectivity index (χ0v) is 23.1. The Morgan fingerprint density at radius 1 is 1.25 bits per heavy atom. The zero-order valence-electron chi connectivity index (χ0n) is 22.4. The molecule has 0 aromatic heterocycles. The Bertz CT molecular complexity index is 1370. The number of likely N-dealkylation sites (N-methyl/N-ethyl adjacent to an activating group) is 1. The average Bonchev–Trinajstić information content (AvgIpc) is 3.30. The number of nitrogens with zero attached hydrogens (tertiary/aromatic N) is 2. The van der Waals surface area contributed by atoms with Gasteiger partial charge in [0.15, 0.2) is 11.4 Å². The maximum atomic E-state index is 13.8. The van der Waals surface area contributed by atoms with Crippen molar-refractivity contribution in [1.29, 1.82) is 0 Å². The number of Topliss-reactive ketones (excluding diaryl/α,β-unsaturated/α-hetero) is 2. The molecule has 4 aliphatic rings. The topological polar surface area (TPSA) is 185 Å². The summed E-state index contributed by atoms with van der Waals surface area (Å²) >= 11 is 6.85. The highest BCUT2D eigenvalue weighted by Crippen LogP contribution is 2.53. The number of amides is 1. The second-order valence-electron chi connectivity index (χ2n) is 11.5. The molecule has 1 aliphatic heterocycles. The van der Waals surface area contributed by atoms with Gasteiger partial charge in [0, 0.05) is 35.7 Å². The first-order chi connectivity index (χ1) is 18.8. The molecule has 0 spiro atoms. The molecule has 11 nitrogen and oxygen atoms in total. The van der Waals surface area contributed by atoms with E-state index in [-0.39, 0.29) is 42.4 Å². The molecule has 0 radical (unpaired) electrons. The van der Waals surface area contributed by atoms with Gasteiger partial charge in [0.2, 0.25) is 5.78 Å². The molecule has 40 heavy (non-hydrogen) atoms. The Morgan fingerprint density at radius 3 is 2.58 bits per heavy atom. The number of aliphatic hydroxyl groups is 4. The van der Waals surface area contributed by atoms with E-state index >= 15 is 0 Å². The highest BCUT2D eigenvalue weighted by atomic mass is 35.5. The predicted octanol–water partition coefficient (Wildman–Crippen LogP) is 1.12. The summed E-state index contributed by atoms with van der Waals surface area (Å²) in [7, 11) is 3.16. The molecule has 1 aromatic rings. The summed E-state index contributed by atoms with van der Waals surface area (Å²) in [5, 5.41) is 54.6. The maximum absolute atomic E-state index is 13.8. The fourth-order valence-electron chi connectivity index (χ4n) is 7.27. The van der Waals surface area contributed by atoms with Crippen LogP contribution in [0, 0.1) is 11.8 Å². The second kappa shape index (κ2) is 10.1. The predicted molar refractivity (Wildman–Crippen MR) is 144 cm³/mol. The van der Waals surface area contributed by atoms with Gasteiger partial charge in [0.05, 0.1) is 11.6 Å². The molecular formula is C28H34ClN3O8. The van der Waals surface area contributed by atoms with Crippen molar-refractivity contribution in [2.75, 3.05) is 27.2 Å². The Hall–Kier alpha value is -2.96. The standard InChI is InChI=1S/C28H34ClN3O8/c1-31(2)22-16-9-12-8-15-19(17(34)10-13(21(15)29)11-32-6-3-4-14(32)5-7-33)23(35)18(12)25(37)28(16,40)26(38)20(24(22)36)27(30)39/h10,12,14,16,22,33-34,36-37,40H,3-9,11H2,1-2H3,(H2,30,39)/t12-,14-,16-,22-,28-/m0/s1. The van der Waals surface area contributed by atoms with E-state index in [0.717, 1.165) is 19.4 Å². The van der Waals surface area contributed by atoms with Crippen molar-refractivity contribution < 1.29 is 39.9 Å². The van der Waals surface area contributed by atoms with Gasteiger partial charge in [-0.15, -0.1) is 0 Å². The molecule has 0 saturated carbocycles. The molecule has 1 heterocycles. The van der Waals surface area contributed by atoms with Crippen molar-refractivity contribution in [3.63, 3.8) is 0 Å². The van der Waals surface area contributed by atoms with Crippen molar-refractivity contribution in [3.05, 3.63) is 50.4 Å². The molecule has 3 aliphatic carbocycles. The number of benzene rings is 1.